The number of nitrogens with zero attached hydrogens (tertiary/aromatic N) is 3. The van der Waals surface area contributed by atoms with Gasteiger partial charge in [0.1, 0.15) is 0 Å². The van der Waals surface area contributed by atoms with Crippen molar-refractivity contribution in [3.05, 3.63) is 30.4 Å². The van der Waals surface area contributed by atoms with E-state index in [1.54, 1.807) is 9.47 Å². The average Bonchev–Trinajstić information content (AvgIpc) is 2.89. The average molecular weight is 264 g/mol. The fourth-order valence-electron chi connectivity index (χ4n) is 1.82. The lowest BCUT2D eigenvalue weighted by Crippen LogP contribution is -2.42. The lowest BCUT2D eigenvalue weighted by atomic mass is 10.3. The van der Waals surface area contributed by atoms with Crippen LogP contribution >= 0.6 is 0 Å². The summed E-state index contributed by atoms with van der Waals surface area (Å²) in [5.74, 6) is -1.05. The van der Waals surface area contributed by atoms with E-state index in [1.165, 1.54) is 12.5 Å². The fraction of sp³-hybridized carbons (Fsp3) is 0.417. The largest absolute Gasteiger partial charge is 0.476 e. The number of carboxylic acids is 1. The minimum Gasteiger partial charge on any atom is -0.476 e. The Morgan fingerprint density at radius 3 is 2.89 bits per heavy atom. The second kappa shape index (κ2) is 6.03. The van der Waals surface area contributed by atoms with Gasteiger partial charge in [0, 0.05) is 32.4 Å². The molecule has 0 aromatic carbocycles. The van der Waals surface area contributed by atoms with Crippen molar-refractivity contribution < 1.29 is 14.7 Å². The Morgan fingerprint density at radius 2 is 2.26 bits per heavy atom. The summed E-state index contributed by atoms with van der Waals surface area (Å²) in [6, 6.07) is -0.0945. The molecule has 0 radical (unpaired) electrons. The second-order valence-electron chi connectivity index (χ2n) is 4.24. The van der Waals surface area contributed by atoms with Crippen molar-refractivity contribution >= 4 is 12.0 Å². The molecule has 0 saturated carbocycles. The molecule has 1 aliphatic rings. The highest BCUT2D eigenvalue weighted by Crippen LogP contribution is 2.01. The van der Waals surface area contributed by atoms with E-state index < -0.39 is 5.97 Å². The molecule has 0 atom stereocenters. The van der Waals surface area contributed by atoms with E-state index in [0.29, 0.717) is 19.6 Å². The van der Waals surface area contributed by atoms with Crippen LogP contribution in [0.3, 0.4) is 0 Å². The highest BCUT2D eigenvalue weighted by Gasteiger charge is 2.12. The molecule has 0 aliphatic carbocycles. The van der Waals surface area contributed by atoms with E-state index >= 15 is 0 Å². The van der Waals surface area contributed by atoms with Crippen molar-refractivity contribution in [1.82, 2.24) is 19.8 Å². The molecule has 1 aliphatic heterocycles. The molecular formula is C12H16N4O3. The molecule has 2 rings (SSSR count). The summed E-state index contributed by atoms with van der Waals surface area (Å²) in [7, 11) is 0. The molecule has 0 saturated heterocycles. The van der Waals surface area contributed by atoms with Crippen molar-refractivity contribution in [3.63, 3.8) is 0 Å². The van der Waals surface area contributed by atoms with Crippen molar-refractivity contribution in [2.75, 3.05) is 19.6 Å². The van der Waals surface area contributed by atoms with Gasteiger partial charge < -0.3 is 19.9 Å². The number of amides is 2. The van der Waals surface area contributed by atoms with E-state index in [1.807, 2.05) is 6.08 Å². The van der Waals surface area contributed by atoms with Gasteiger partial charge in [0.15, 0.2) is 5.69 Å². The number of carbonyl (C=O) groups is 2. The quantitative estimate of drug-likeness (QED) is 0.777. The molecule has 102 valence electrons. The maximum Gasteiger partial charge on any atom is 0.356 e. The first kappa shape index (κ1) is 13.1. The first-order chi connectivity index (χ1) is 9.16. The predicted octanol–water partition coefficient (Wildman–Crippen LogP) is 0.553. The van der Waals surface area contributed by atoms with Gasteiger partial charge in [0.2, 0.25) is 0 Å². The van der Waals surface area contributed by atoms with Crippen LogP contribution in [0.5, 0.6) is 0 Å². The van der Waals surface area contributed by atoms with E-state index in [2.05, 4.69) is 16.4 Å². The molecule has 1 aromatic heterocycles. The van der Waals surface area contributed by atoms with E-state index in [9.17, 15) is 9.59 Å². The van der Waals surface area contributed by atoms with Crippen LogP contribution in [-0.4, -0.2) is 51.2 Å². The maximum atomic E-state index is 11.8. The summed E-state index contributed by atoms with van der Waals surface area (Å²) in [5.41, 5.74) is 0.00694. The van der Waals surface area contributed by atoms with Gasteiger partial charge in [-0.3, -0.25) is 0 Å². The van der Waals surface area contributed by atoms with Crippen LogP contribution in [0.4, 0.5) is 4.79 Å². The number of hydrogen-bond acceptors (Lipinski definition) is 3. The third-order valence-corrected chi connectivity index (χ3v) is 2.84. The molecule has 2 amide bonds. The number of aromatic nitrogens is 2. The van der Waals surface area contributed by atoms with Gasteiger partial charge in [0.25, 0.3) is 0 Å². The summed E-state index contributed by atoms with van der Waals surface area (Å²) in [4.78, 5) is 27.9. The molecular weight excluding hydrogens is 248 g/mol. The monoisotopic (exact) mass is 264 g/mol. The predicted molar refractivity (Wildman–Crippen MR) is 67.9 cm³/mol. The number of aromatic carboxylic acids is 1. The molecule has 2 N–H and O–H groups in total. The highest BCUT2D eigenvalue weighted by atomic mass is 16.4. The Labute approximate surface area is 110 Å². The number of rotatable bonds is 4. The lowest BCUT2D eigenvalue weighted by molar-refractivity contribution is 0.0691. The Bertz CT molecular complexity index is 495. The van der Waals surface area contributed by atoms with Crippen LogP contribution in [-0.2, 0) is 6.54 Å². The Morgan fingerprint density at radius 1 is 1.42 bits per heavy atom. The van der Waals surface area contributed by atoms with Gasteiger partial charge >= 0.3 is 12.0 Å². The zero-order valence-electron chi connectivity index (χ0n) is 10.5. The smallest absolute Gasteiger partial charge is 0.356 e. The number of carboxylic acid groups (broad SMARTS) is 1. The van der Waals surface area contributed by atoms with Crippen molar-refractivity contribution in [3.8, 4) is 0 Å². The van der Waals surface area contributed by atoms with Crippen molar-refractivity contribution in [1.29, 1.82) is 0 Å². The molecule has 7 nitrogen and oxygen atoms in total. The number of urea groups is 1. The molecule has 19 heavy (non-hydrogen) atoms. The Kier molecular flexibility index (Phi) is 4.17. The van der Waals surface area contributed by atoms with Crippen LogP contribution in [0, 0.1) is 0 Å². The van der Waals surface area contributed by atoms with Gasteiger partial charge in [0.05, 0.1) is 6.33 Å². The Balaban J connectivity index is 1.74. The van der Waals surface area contributed by atoms with Gasteiger partial charge in [-0.2, -0.15) is 0 Å². The topological polar surface area (TPSA) is 87.5 Å². The molecule has 0 spiro atoms. The standard InChI is InChI=1S/C12H16N4O3/c17-11(18)10-8-15(9-14-10)7-4-13-12(19)16-5-2-1-3-6-16/h1-2,8-9H,3-7H2,(H,13,19)(H,17,18). The van der Waals surface area contributed by atoms with E-state index in [0.717, 1.165) is 13.0 Å². The first-order valence-electron chi connectivity index (χ1n) is 6.09. The van der Waals surface area contributed by atoms with Crippen LogP contribution in [0.2, 0.25) is 0 Å². The van der Waals surface area contributed by atoms with Crippen molar-refractivity contribution in [2.24, 2.45) is 0 Å². The second-order valence-corrected chi connectivity index (χ2v) is 4.24. The third kappa shape index (κ3) is 3.57. The van der Waals surface area contributed by atoms with Gasteiger partial charge in [-0.15, -0.1) is 0 Å². The highest BCUT2D eigenvalue weighted by molar-refractivity contribution is 5.84. The summed E-state index contributed by atoms with van der Waals surface area (Å²) >= 11 is 0. The van der Waals surface area contributed by atoms with Crippen LogP contribution < -0.4 is 5.32 Å². The minimum atomic E-state index is -1.05. The molecule has 0 bridgehead atoms. The van der Waals surface area contributed by atoms with Crippen LogP contribution in [0.1, 0.15) is 16.9 Å². The Hall–Kier alpha value is -2.31. The summed E-state index contributed by atoms with van der Waals surface area (Å²) in [6.07, 6.45) is 7.80. The molecule has 7 heteroatoms. The zero-order valence-corrected chi connectivity index (χ0v) is 10.5. The molecule has 0 unspecified atom stereocenters. The normalized spacial score (nSPS) is 14.4. The van der Waals surface area contributed by atoms with Crippen molar-refractivity contribution in [2.45, 2.75) is 13.0 Å². The molecule has 0 fully saturated rings. The SMILES string of the molecule is O=C(O)c1cn(CCNC(=O)N2CC=CCC2)cn1. The number of carbonyl (C=O) groups excluding carboxylic acids is 1. The summed E-state index contributed by atoms with van der Waals surface area (Å²) in [6.45, 7) is 2.31. The molecule has 1 aromatic rings. The van der Waals surface area contributed by atoms with Crippen LogP contribution in [0.25, 0.3) is 0 Å². The number of hydrogen-bond donors (Lipinski definition) is 2. The fourth-order valence-corrected chi connectivity index (χ4v) is 1.82. The van der Waals surface area contributed by atoms with Gasteiger partial charge in [-0.25, -0.2) is 14.6 Å². The van der Waals surface area contributed by atoms with Gasteiger partial charge in [-0.1, -0.05) is 12.2 Å². The number of imidazole rings is 1. The van der Waals surface area contributed by atoms with Gasteiger partial charge in [-0.05, 0) is 6.42 Å². The first-order valence-corrected chi connectivity index (χ1v) is 6.09. The number of nitrogens with one attached hydrogen (secondary N) is 1. The van der Waals surface area contributed by atoms with E-state index in [4.69, 9.17) is 5.11 Å². The summed E-state index contributed by atoms with van der Waals surface area (Å²) in [5, 5.41) is 11.5. The van der Waals surface area contributed by atoms with Crippen LogP contribution in [0.15, 0.2) is 24.7 Å². The summed E-state index contributed by atoms with van der Waals surface area (Å²) < 4.78 is 1.64. The minimum absolute atomic E-state index is 0.00694. The third-order valence-electron chi connectivity index (χ3n) is 2.84. The molecule has 2 heterocycles. The maximum absolute atomic E-state index is 11.8. The van der Waals surface area contributed by atoms with E-state index in [-0.39, 0.29) is 11.7 Å². The lowest BCUT2D eigenvalue weighted by Gasteiger charge is -2.23. The zero-order chi connectivity index (χ0) is 13.7.